The van der Waals surface area contributed by atoms with Crippen molar-refractivity contribution in [3.05, 3.63) is 53.7 Å². The van der Waals surface area contributed by atoms with Crippen LogP contribution < -0.4 is 0 Å². The Morgan fingerprint density at radius 2 is 1.96 bits per heavy atom. The summed E-state index contributed by atoms with van der Waals surface area (Å²) in [5.74, 6) is 0.0861. The fourth-order valence-electron chi connectivity index (χ4n) is 3.15. The second kappa shape index (κ2) is 7.58. The summed E-state index contributed by atoms with van der Waals surface area (Å²) in [7, 11) is 1.70. The van der Waals surface area contributed by atoms with Gasteiger partial charge >= 0.3 is 0 Å². The molecule has 0 radical (unpaired) electrons. The van der Waals surface area contributed by atoms with Crippen molar-refractivity contribution in [3.8, 4) is 11.3 Å². The molecule has 4 heteroatoms. The Kier molecular flexibility index (Phi) is 5.26. The largest absolute Gasteiger partial charge is 0.377 e. The third-order valence-corrected chi connectivity index (χ3v) is 4.66. The number of carbonyl (C=O) groups is 1. The zero-order valence-corrected chi connectivity index (χ0v) is 14.4. The van der Waals surface area contributed by atoms with Crippen LogP contribution in [0.4, 0.5) is 0 Å². The van der Waals surface area contributed by atoms with Gasteiger partial charge in [-0.25, -0.2) is 0 Å². The van der Waals surface area contributed by atoms with E-state index in [4.69, 9.17) is 4.74 Å². The van der Waals surface area contributed by atoms with Gasteiger partial charge in [-0.15, -0.1) is 0 Å². The van der Waals surface area contributed by atoms with E-state index in [-0.39, 0.29) is 12.0 Å². The van der Waals surface area contributed by atoms with Crippen LogP contribution in [0.1, 0.15) is 48.2 Å². The van der Waals surface area contributed by atoms with Crippen LogP contribution in [0.3, 0.4) is 0 Å². The third-order valence-electron chi connectivity index (χ3n) is 4.66. The molecule has 1 atom stereocenters. The summed E-state index contributed by atoms with van der Waals surface area (Å²) in [5, 5.41) is 0. The zero-order chi connectivity index (χ0) is 16.9. The first-order valence-electron chi connectivity index (χ1n) is 8.58. The SMILES string of the molecule is COC(C)c1cccc(-c2ncccc2C(=O)N2CCCCC2)c1. The van der Waals surface area contributed by atoms with Gasteiger partial charge < -0.3 is 9.64 Å². The first kappa shape index (κ1) is 16.7. The average Bonchev–Trinajstić information content (AvgIpc) is 2.67. The van der Waals surface area contributed by atoms with Crippen LogP contribution in [0.5, 0.6) is 0 Å². The fourth-order valence-corrected chi connectivity index (χ4v) is 3.15. The Morgan fingerprint density at radius 3 is 2.71 bits per heavy atom. The number of nitrogens with zero attached hydrogens (tertiary/aromatic N) is 2. The molecule has 1 saturated heterocycles. The lowest BCUT2D eigenvalue weighted by Gasteiger charge is -2.27. The van der Waals surface area contributed by atoms with E-state index in [1.807, 2.05) is 42.2 Å². The second-order valence-electron chi connectivity index (χ2n) is 6.26. The highest BCUT2D eigenvalue weighted by molar-refractivity contribution is 5.99. The van der Waals surface area contributed by atoms with Crippen LogP contribution in [0.2, 0.25) is 0 Å². The number of pyridine rings is 1. The Labute approximate surface area is 143 Å². The normalized spacial score (nSPS) is 16.0. The molecular weight excluding hydrogens is 300 g/mol. The fraction of sp³-hybridized carbons (Fsp3) is 0.400. The minimum Gasteiger partial charge on any atom is -0.377 e. The monoisotopic (exact) mass is 324 g/mol. The van der Waals surface area contributed by atoms with Gasteiger partial charge in [0, 0.05) is 32.0 Å². The predicted octanol–water partition coefficient (Wildman–Crippen LogP) is 4.08. The maximum absolute atomic E-state index is 12.9. The lowest BCUT2D eigenvalue weighted by atomic mass is 10.00. The van der Waals surface area contributed by atoms with Crippen LogP contribution in [0.15, 0.2) is 42.6 Å². The summed E-state index contributed by atoms with van der Waals surface area (Å²) in [6.45, 7) is 3.69. The molecule has 4 nitrogen and oxygen atoms in total. The van der Waals surface area contributed by atoms with Crippen LogP contribution in [-0.2, 0) is 4.74 Å². The van der Waals surface area contributed by atoms with Gasteiger partial charge in [0.25, 0.3) is 5.91 Å². The Bertz CT molecular complexity index is 708. The van der Waals surface area contributed by atoms with Crippen molar-refractivity contribution in [2.75, 3.05) is 20.2 Å². The summed E-state index contributed by atoms with van der Waals surface area (Å²) < 4.78 is 5.40. The molecule has 3 rings (SSSR count). The molecule has 1 amide bonds. The Hall–Kier alpha value is -2.20. The van der Waals surface area contributed by atoms with Crippen molar-refractivity contribution in [1.29, 1.82) is 0 Å². The molecular formula is C20H24N2O2. The maximum Gasteiger partial charge on any atom is 0.256 e. The van der Waals surface area contributed by atoms with Gasteiger partial charge in [-0.1, -0.05) is 18.2 Å². The van der Waals surface area contributed by atoms with Crippen molar-refractivity contribution >= 4 is 5.91 Å². The average molecular weight is 324 g/mol. The van der Waals surface area contributed by atoms with E-state index in [1.165, 1.54) is 6.42 Å². The summed E-state index contributed by atoms with van der Waals surface area (Å²) in [6, 6.07) is 11.8. The number of amides is 1. The number of aromatic nitrogens is 1. The van der Waals surface area contributed by atoms with Gasteiger partial charge in [0.15, 0.2) is 0 Å². The number of hydrogen-bond acceptors (Lipinski definition) is 3. The minimum atomic E-state index is 0.00917. The predicted molar refractivity (Wildman–Crippen MR) is 94.9 cm³/mol. The van der Waals surface area contributed by atoms with Gasteiger partial charge in [0.1, 0.15) is 0 Å². The first-order chi connectivity index (χ1) is 11.7. The van der Waals surface area contributed by atoms with E-state index in [0.717, 1.165) is 42.8 Å². The molecule has 0 bridgehead atoms. The van der Waals surface area contributed by atoms with Gasteiger partial charge in [-0.3, -0.25) is 9.78 Å². The molecule has 24 heavy (non-hydrogen) atoms. The molecule has 126 valence electrons. The van der Waals surface area contributed by atoms with Crippen molar-refractivity contribution in [2.45, 2.75) is 32.3 Å². The van der Waals surface area contributed by atoms with E-state index < -0.39 is 0 Å². The van der Waals surface area contributed by atoms with E-state index in [9.17, 15) is 4.79 Å². The van der Waals surface area contributed by atoms with Gasteiger partial charge in [0.05, 0.1) is 17.4 Å². The van der Waals surface area contributed by atoms with Crippen molar-refractivity contribution in [2.24, 2.45) is 0 Å². The zero-order valence-electron chi connectivity index (χ0n) is 14.4. The number of benzene rings is 1. The lowest BCUT2D eigenvalue weighted by Crippen LogP contribution is -2.35. The van der Waals surface area contributed by atoms with Crippen molar-refractivity contribution in [3.63, 3.8) is 0 Å². The first-order valence-corrected chi connectivity index (χ1v) is 8.58. The highest BCUT2D eigenvalue weighted by Gasteiger charge is 2.22. The summed E-state index contributed by atoms with van der Waals surface area (Å²) in [4.78, 5) is 19.4. The van der Waals surface area contributed by atoms with Crippen molar-refractivity contribution < 1.29 is 9.53 Å². The highest BCUT2D eigenvalue weighted by atomic mass is 16.5. The highest BCUT2D eigenvalue weighted by Crippen LogP contribution is 2.27. The number of likely N-dealkylation sites (tertiary alicyclic amines) is 1. The topological polar surface area (TPSA) is 42.4 Å². The molecule has 2 heterocycles. The van der Waals surface area contributed by atoms with Gasteiger partial charge in [-0.05, 0) is 49.9 Å². The van der Waals surface area contributed by atoms with Gasteiger partial charge in [0.2, 0.25) is 0 Å². The summed E-state index contributed by atoms with van der Waals surface area (Å²) >= 11 is 0. The molecule has 1 unspecified atom stereocenters. The lowest BCUT2D eigenvalue weighted by molar-refractivity contribution is 0.0725. The second-order valence-corrected chi connectivity index (χ2v) is 6.26. The molecule has 1 aliphatic heterocycles. The summed E-state index contributed by atoms with van der Waals surface area (Å²) in [5.41, 5.74) is 3.47. The number of hydrogen-bond donors (Lipinski definition) is 0. The number of rotatable bonds is 4. The van der Waals surface area contributed by atoms with Crippen LogP contribution in [0, 0.1) is 0 Å². The quantitative estimate of drug-likeness (QED) is 0.851. The minimum absolute atomic E-state index is 0.00917. The smallest absolute Gasteiger partial charge is 0.256 e. The molecule has 1 fully saturated rings. The Balaban J connectivity index is 1.96. The molecule has 0 saturated carbocycles. The van der Waals surface area contributed by atoms with Crippen LogP contribution >= 0.6 is 0 Å². The number of ether oxygens (including phenoxy) is 1. The van der Waals surface area contributed by atoms with E-state index in [1.54, 1.807) is 13.3 Å². The number of piperidine rings is 1. The molecule has 2 aromatic rings. The standard InChI is InChI=1S/C20H24N2O2/c1-15(24-2)16-8-6-9-17(14-16)19-18(10-7-11-21-19)20(23)22-12-4-3-5-13-22/h6-11,14-15H,3-5,12-13H2,1-2H3. The molecule has 1 aliphatic rings. The van der Waals surface area contributed by atoms with Gasteiger partial charge in [-0.2, -0.15) is 0 Å². The van der Waals surface area contributed by atoms with Crippen LogP contribution in [0.25, 0.3) is 11.3 Å². The van der Waals surface area contributed by atoms with E-state index in [0.29, 0.717) is 5.56 Å². The van der Waals surface area contributed by atoms with E-state index in [2.05, 4.69) is 11.1 Å². The number of carbonyl (C=O) groups excluding carboxylic acids is 1. The molecule has 0 aliphatic carbocycles. The molecule has 1 aromatic carbocycles. The summed E-state index contributed by atoms with van der Waals surface area (Å²) in [6.07, 6.45) is 5.13. The third kappa shape index (κ3) is 3.49. The molecule has 0 spiro atoms. The molecule has 1 aromatic heterocycles. The van der Waals surface area contributed by atoms with Crippen molar-refractivity contribution in [1.82, 2.24) is 9.88 Å². The van der Waals surface area contributed by atoms with E-state index >= 15 is 0 Å². The van der Waals surface area contributed by atoms with Crippen LogP contribution in [-0.4, -0.2) is 36.0 Å². The Morgan fingerprint density at radius 1 is 1.17 bits per heavy atom. The maximum atomic E-state index is 12.9. The number of methoxy groups -OCH3 is 1. The molecule has 0 N–H and O–H groups in total.